The van der Waals surface area contributed by atoms with Gasteiger partial charge in [0.15, 0.2) is 0 Å². The van der Waals surface area contributed by atoms with Gasteiger partial charge in [-0.1, -0.05) is 0 Å². The molecule has 2 aliphatic heterocycles. The molecule has 1 amide bonds. The molecule has 4 rings (SSSR count). The Balaban J connectivity index is 1.52. The summed E-state index contributed by atoms with van der Waals surface area (Å²) in [5.41, 5.74) is -0.671. The molecule has 0 unspecified atom stereocenters. The number of hydrogen-bond acceptors (Lipinski definition) is 5. The van der Waals surface area contributed by atoms with E-state index in [9.17, 15) is 36.2 Å². The monoisotopic (exact) mass is 449 g/mol. The Morgan fingerprint density at radius 1 is 1.10 bits per heavy atom. The number of pyridine rings is 1. The first-order chi connectivity index (χ1) is 14.5. The molecule has 2 atom stereocenters. The van der Waals surface area contributed by atoms with Crippen LogP contribution in [0.15, 0.2) is 18.3 Å². The van der Waals surface area contributed by atoms with Crippen LogP contribution in [-0.2, 0) is 11.0 Å². The van der Waals surface area contributed by atoms with Gasteiger partial charge < -0.3 is 15.3 Å². The predicted molar refractivity (Wildman–Crippen MR) is 95.4 cm³/mol. The van der Waals surface area contributed by atoms with Crippen molar-refractivity contribution >= 4 is 17.4 Å². The summed E-state index contributed by atoms with van der Waals surface area (Å²) < 4.78 is 78.8. The number of carbonyl (C=O) groups excluding carboxylic acids is 1. The number of nitrogens with one attached hydrogen (secondary N) is 2. The van der Waals surface area contributed by atoms with Crippen molar-refractivity contribution in [1.82, 2.24) is 15.2 Å². The Morgan fingerprint density at radius 3 is 2.32 bits per heavy atom. The molecule has 2 aliphatic rings. The lowest BCUT2D eigenvalue weighted by Crippen LogP contribution is -2.44. The van der Waals surface area contributed by atoms with Gasteiger partial charge in [-0.15, -0.1) is 0 Å². The van der Waals surface area contributed by atoms with E-state index in [0.29, 0.717) is 31.6 Å². The van der Waals surface area contributed by atoms with Crippen LogP contribution >= 0.6 is 0 Å². The zero-order chi connectivity index (χ0) is 22.6. The Kier molecular flexibility index (Phi) is 5.10. The summed E-state index contributed by atoms with van der Waals surface area (Å²) in [5, 5.41) is 18.5. The van der Waals surface area contributed by atoms with Crippen molar-refractivity contribution < 1.29 is 36.2 Å². The van der Waals surface area contributed by atoms with E-state index in [1.54, 1.807) is 4.90 Å². The van der Waals surface area contributed by atoms with Crippen LogP contribution in [-0.4, -0.2) is 51.6 Å². The van der Waals surface area contributed by atoms with Crippen molar-refractivity contribution in [3.8, 4) is 0 Å². The van der Waals surface area contributed by atoms with Crippen LogP contribution in [0, 0.1) is 0 Å². The molecule has 31 heavy (non-hydrogen) atoms. The molecule has 2 aromatic heterocycles. The number of aliphatic hydroxyl groups excluding tert-OH is 1. The molecule has 0 aliphatic carbocycles. The van der Waals surface area contributed by atoms with Crippen molar-refractivity contribution in [3.05, 3.63) is 35.3 Å². The standard InChI is InChI=1S/C18H17F6N5O2/c19-17(20,21)10-2-1-9(7-25-10)29-5-3-8(4-6-29)13-11-12(18(22,23)24)14(30)16(31)26-15(11)28-27-13/h1-2,7-8,12,14,30H,3-6H2,(H2,26,27,28,31)/t12-,14-/m0/s1. The molecule has 1 saturated heterocycles. The average Bonchev–Trinajstić information content (AvgIpc) is 3.10. The second-order valence-corrected chi connectivity index (χ2v) is 7.51. The molecule has 0 aromatic carbocycles. The highest BCUT2D eigenvalue weighted by Gasteiger charge is 2.53. The number of halogens is 6. The molecule has 0 saturated carbocycles. The third-order valence-electron chi connectivity index (χ3n) is 5.61. The van der Waals surface area contributed by atoms with E-state index >= 15 is 0 Å². The van der Waals surface area contributed by atoms with Crippen LogP contribution in [0.3, 0.4) is 0 Å². The summed E-state index contributed by atoms with van der Waals surface area (Å²) in [5.74, 6) is -4.11. The van der Waals surface area contributed by atoms with Gasteiger partial charge in [-0.05, 0) is 25.0 Å². The summed E-state index contributed by atoms with van der Waals surface area (Å²) in [6.07, 6.45) is -9.79. The zero-order valence-electron chi connectivity index (χ0n) is 15.8. The largest absolute Gasteiger partial charge is 0.433 e. The smallest absolute Gasteiger partial charge is 0.382 e. The summed E-state index contributed by atoms with van der Waals surface area (Å²) in [7, 11) is 0. The number of alkyl halides is 6. The Labute approximate surface area is 171 Å². The van der Waals surface area contributed by atoms with E-state index in [1.165, 1.54) is 6.07 Å². The molecule has 1 fully saturated rings. The highest BCUT2D eigenvalue weighted by molar-refractivity contribution is 5.97. The van der Waals surface area contributed by atoms with Crippen molar-refractivity contribution in [1.29, 1.82) is 0 Å². The van der Waals surface area contributed by atoms with E-state index in [0.717, 1.165) is 12.3 Å². The second kappa shape index (κ2) is 7.39. The first kappa shape index (κ1) is 21.4. The molecule has 3 N–H and O–H groups in total. The number of hydrogen-bond donors (Lipinski definition) is 3. The van der Waals surface area contributed by atoms with Gasteiger partial charge in [-0.25, -0.2) is 4.98 Å². The molecule has 7 nitrogen and oxygen atoms in total. The van der Waals surface area contributed by atoms with Crippen molar-refractivity contribution in [3.63, 3.8) is 0 Å². The Bertz CT molecular complexity index is 963. The molecule has 0 bridgehead atoms. The fourth-order valence-corrected chi connectivity index (χ4v) is 4.09. The normalized spacial score (nSPS) is 22.9. The average molecular weight is 449 g/mol. The third-order valence-corrected chi connectivity index (χ3v) is 5.61. The van der Waals surface area contributed by atoms with Gasteiger partial charge >= 0.3 is 12.4 Å². The first-order valence-corrected chi connectivity index (χ1v) is 9.39. The van der Waals surface area contributed by atoms with Crippen LogP contribution in [0.25, 0.3) is 0 Å². The number of carbonyl (C=O) groups is 1. The number of nitrogens with zero attached hydrogens (tertiary/aromatic N) is 3. The third kappa shape index (κ3) is 3.93. The maximum atomic E-state index is 13.6. The second-order valence-electron chi connectivity index (χ2n) is 7.51. The topological polar surface area (TPSA) is 94.1 Å². The predicted octanol–water partition coefficient (Wildman–Crippen LogP) is 3.17. The van der Waals surface area contributed by atoms with Gasteiger partial charge in [0.25, 0.3) is 5.91 Å². The van der Waals surface area contributed by atoms with Gasteiger partial charge in [0.1, 0.15) is 23.5 Å². The lowest BCUT2D eigenvalue weighted by molar-refractivity contribution is -0.177. The molecular formula is C18H17F6N5O2. The van der Waals surface area contributed by atoms with E-state index in [2.05, 4.69) is 20.5 Å². The van der Waals surface area contributed by atoms with Gasteiger partial charge in [0, 0.05) is 24.6 Å². The van der Waals surface area contributed by atoms with Gasteiger partial charge in [0.2, 0.25) is 0 Å². The molecular weight excluding hydrogens is 432 g/mol. The highest BCUT2D eigenvalue weighted by atomic mass is 19.4. The van der Waals surface area contributed by atoms with E-state index in [-0.39, 0.29) is 23.0 Å². The van der Waals surface area contributed by atoms with Gasteiger partial charge in [-0.2, -0.15) is 31.4 Å². The van der Waals surface area contributed by atoms with Crippen molar-refractivity contribution in [2.45, 2.75) is 43.1 Å². The maximum absolute atomic E-state index is 13.6. The number of aliphatic hydroxyl groups is 1. The van der Waals surface area contributed by atoms with Crippen LogP contribution < -0.4 is 10.2 Å². The number of H-pyrrole nitrogens is 1. The molecule has 13 heteroatoms. The Morgan fingerprint density at radius 2 is 1.77 bits per heavy atom. The quantitative estimate of drug-likeness (QED) is 0.613. The minimum Gasteiger partial charge on any atom is -0.382 e. The number of aromatic amines is 1. The minimum atomic E-state index is -4.85. The number of fused-ring (bicyclic) bond motifs is 1. The lowest BCUT2D eigenvalue weighted by Gasteiger charge is -2.35. The summed E-state index contributed by atoms with van der Waals surface area (Å²) in [6, 6.07) is 2.18. The molecule has 0 radical (unpaired) electrons. The number of amides is 1. The fourth-order valence-electron chi connectivity index (χ4n) is 4.09. The van der Waals surface area contributed by atoms with Crippen molar-refractivity contribution in [2.24, 2.45) is 0 Å². The van der Waals surface area contributed by atoms with E-state index in [4.69, 9.17) is 0 Å². The van der Waals surface area contributed by atoms with E-state index in [1.807, 2.05) is 0 Å². The maximum Gasteiger partial charge on any atom is 0.433 e. The van der Waals surface area contributed by atoms with Crippen LogP contribution in [0.1, 0.15) is 41.6 Å². The summed E-state index contributed by atoms with van der Waals surface area (Å²) in [4.78, 5) is 16.9. The zero-order valence-corrected chi connectivity index (χ0v) is 15.8. The molecule has 4 heterocycles. The molecule has 0 spiro atoms. The number of aromatic nitrogens is 3. The van der Waals surface area contributed by atoms with Crippen LogP contribution in [0.2, 0.25) is 0 Å². The fraction of sp³-hybridized carbons (Fsp3) is 0.500. The van der Waals surface area contributed by atoms with Crippen LogP contribution in [0.4, 0.5) is 37.8 Å². The SMILES string of the molecule is O=C1Nc2[nH]nc(C3CCN(c4ccc(C(F)(F)F)nc4)CC3)c2[C@H](C(F)(F)F)[C@@H]1O. The van der Waals surface area contributed by atoms with Crippen molar-refractivity contribution in [2.75, 3.05) is 23.3 Å². The van der Waals surface area contributed by atoms with E-state index < -0.39 is 36.0 Å². The Hall–Kier alpha value is -2.83. The number of anilines is 2. The number of rotatable bonds is 2. The summed E-state index contributed by atoms with van der Waals surface area (Å²) >= 11 is 0. The molecule has 2 aromatic rings. The minimum absolute atomic E-state index is 0.126. The van der Waals surface area contributed by atoms with Crippen LogP contribution in [0.5, 0.6) is 0 Å². The lowest BCUT2D eigenvalue weighted by atomic mass is 9.83. The highest BCUT2D eigenvalue weighted by Crippen LogP contribution is 2.47. The first-order valence-electron chi connectivity index (χ1n) is 9.39. The van der Waals surface area contributed by atoms with Gasteiger partial charge in [0.05, 0.1) is 17.6 Å². The van der Waals surface area contributed by atoms with Gasteiger partial charge in [-0.3, -0.25) is 9.89 Å². The number of piperidine rings is 1. The summed E-state index contributed by atoms with van der Waals surface area (Å²) in [6.45, 7) is 0.732. The molecule has 168 valence electrons.